The molecule has 0 atom stereocenters. The van der Waals surface area contributed by atoms with Gasteiger partial charge in [0.1, 0.15) is 0 Å². The summed E-state index contributed by atoms with van der Waals surface area (Å²) in [6.45, 7) is 7.42. The number of hydrogen-bond acceptors (Lipinski definition) is 3. The Morgan fingerprint density at radius 3 is 2.76 bits per heavy atom. The number of oxazole rings is 1. The van der Waals surface area contributed by atoms with Gasteiger partial charge < -0.3 is 9.73 Å². The number of benzene rings is 1. The second-order valence-electron chi connectivity index (χ2n) is 6.02. The van der Waals surface area contributed by atoms with E-state index in [1.807, 2.05) is 18.2 Å². The van der Waals surface area contributed by atoms with E-state index in [2.05, 4.69) is 47.0 Å². The molecule has 0 saturated heterocycles. The molecule has 0 saturated carbocycles. The number of rotatable bonds is 5. The minimum absolute atomic E-state index is 0.146. The first-order valence-corrected chi connectivity index (χ1v) is 8.17. The van der Waals surface area contributed by atoms with Crippen molar-refractivity contribution in [2.75, 3.05) is 6.54 Å². The molecule has 0 spiro atoms. The van der Waals surface area contributed by atoms with Gasteiger partial charge in [-0.25, -0.2) is 4.98 Å². The molecule has 1 aromatic heterocycles. The van der Waals surface area contributed by atoms with Crippen molar-refractivity contribution in [2.45, 2.75) is 39.2 Å². The Bertz CT molecular complexity index is 605. The Balaban J connectivity index is 1.95. The van der Waals surface area contributed by atoms with Crippen LogP contribution in [0.2, 0.25) is 5.02 Å². The average molecular weight is 372 g/mol. The van der Waals surface area contributed by atoms with E-state index in [1.54, 1.807) is 6.20 Å². The fourth-order valence-electron chi connectivity index (χ4n) is 1.94. The van der Waals surface area contributed by atoms with Gasteiger partial charge in [-0.05, 0) is 51.9 Å². The van der Waals surface area contributed by atoms with Crippen LogP contribution in [0.4, 0.5) is 0 Å². The molecule has 0 unspecified atom stereocenters. The van der Waals surface area contributed by atoms with Gasteiger partial charge in [0, 0.05) is 22.0 Å². The van der Waals surface area contributed by atoms with Crippen molar-refractivity contribution in [3.63, 3.8) is 0 Å². The molecule has 0 aliphatic rings. The molecule has 0 aliphatic carbocycles. The highest BCUT2D eigenvalue weighted by Crippen LogP contribution is 2.30. The minimum atomic E-state index is 0.146. The zero-order chi connectivity index (χ0) is 15.5. The summed E-state index contributed by atoms with van der Waals surface area (Å²) < 4.78 is 6.73. The third-order valence-corrected chi connectivity index (χ3v) is 3.78. The maximum Gasteiger partial charge on any atom is 0.194 e. The zero-order valence-electron chi connectivity index (χ0n) is 12.5. The van der Waals surface area contributed by atoms with Gasteiger partial charge in [-0.15, -0.1) is 0 Å². The summed E-state index contributed by atoms with van der Waals surface area (Å²) in [6.07, 6.45) is 3.55. The van der Waals surface area contributed by atoms with Crippen LogP contribution in [0.15, 0.2) is 33.3 Å². The standard InChI is InChI=1S/C16H20BrClN2O/c1-16(2,3)20-8-4-5-15-19-10-14(21-15)12-7-6-11(17)9-13(12)18/h6-7,9-10,20H,4-5,8H2,1-3H3. The molecule has 2 rings (SSSR count). The van der Waals surface area contributed by atoms with E-state index in [9.17, 15) is 0 Å². The number of hydrogen-bond donors (Lipinski definition) is 1. The first kappa shape index (κ1) is 16.5. The van der Waals surface area contributed by atoms with Crippen molar-refractivity contribution in [3.8, 4) is 11.3 Å². The van der Waals surface area contributed by atoms with Crippen LogP contribution in [0.3, 0.4) is 0 Å². The van der Waals surface area contributed by atoms with Crippen LogP contribution in [0.1, 0.15) is 33.1 Å². The second kappa shape index (κ2) is 6.95. The number of nitrogens with zero attached hydrogens (tertiary/aromatic N) is 1. The van der Waals surface area contributed by atoms with Gasteiger partial charge in [-0.3, -0.25) is 0 Å². The zero-order valence-corrected chi connectivity index (χ0v) is 14.9. The van der Waals surface area contributed by atoms with E-state index in [0.717, 1.165) is 35.3 Å². The number of nitrogens with one attached hydrogen (secondary N) is 1. The van der Waals surface area contributed by atoms with Crippen LogP contribution in [-0.4, -0.2) is 17.1 Å². The van der Waals surface area contributed by atoms with Crippen molar-refractivity contribution in [1.82, 2.24) is 10.3 Å². The lowest BCUT2D eigenvalue weighted by Gasteiger charge is -2.20. The molecule has 21 heavy (non-hydrogen) atoms. The quantitative estimate of drug-likeness (QED) is 0.745. The molecule has 0 amide bonds. The average Bonchev–Trinajstić information content (AvgIpc) is 2.82. The SMILES string of the molecule is CC(C)(C)NCCCc1ncc(-c2ccc(Br)cc2Cl)o1. The van der Waals surface area contributed by atoms with Gasteiger partial charge in [-0.2, -0.15) is 0 Å². The Hall–Kier alpha value is -0.840. The summed E-state index contributed by atoms with van der Waals surface area (Å²) in [5.41, 5.74) is 1.01. The van der Waals surface area contributed by atoms with Gasteiger partial charge in [0.2, 0.25) is 0 Å². The van der Waals surface area contributed by atoms with Crippen molar-refractivity contribution in [1.29, 1.82) is 0 Å². The van der Waals surface area contributed by atoms with Crippen molar-refractivity contribution < 1.29 is 4.42 Å². The Morgan fingerprint density at radius 2 is 2.10 bits per heavy atom. The Kier molecular flexibility index (Phi) is 5.47. The molecule has 2 aromatic rings. The summed E-state index contributed by atoms with van der Waals surface area (Å²) in [5, 5.41) is 4.10. The minimum Gasteiger partial charge on any atom is -0.441 e. The molecule has 1 aromatic carbocycles. The van der Waals surface area contributed by atoms with Gasteiger partial charge in [-0.1, -0.05) is 27.5 Å². The number of aryl methyl sites for hydroxylation is 1. The summed E-state index contributed by atoms with van der Waals surface area (Å²) in [5.74, 6) is 1.46. The van der Waals surface area contributed by atoms with Crippen molar-refractivity contribution in [2.24, 2.45) is 0 Å². The van der Waals surface area contributed by atoms with E-state index < -0.39 is 0 Å². The number of aromatic nitrogens is 1. The lowest BCUT2D eigenvalue weighted by Crippen LogP contribution is -2.36. The van der Waals surface area contributed by atoms with Crippen LogP contribution in [-0.2, 0) is 6.42 Å². The van der Waals surface area contributed by atoms with E-state index in [1.165, 1.54) is 0 Å². The van der Waals surface area contributed by atoms with Crippen molar-refractivity contribution >= 4 is 27.5 Å². The highest BCUT2D eigenvalue weighted by Gasteiger charge is 2.11. The molecule has 0 aliphatic heterocycles. The van der Waals surface area contributed by atoms with E-state index in [0.29, 0.717) is 10.8 Å². The Labute approximate surface area is 139 Å². The Morgan fingerprint density at radius 1 is 1.33 bits per heavy atom. The highest BCUT2D eigenvalue weighted by molar-refractivity contribution is 9.10. The van der Waals surface area contributed by atoms with Gasteiger partial charge in [0.05, 0.1) is 11.2 Å². The summed E-state index contributed by atoms with van der Waals surface area (Å²) in [4.78, 5) is 4.33. The predicted octanol–water partition coefficient (Wildman–Crippen LogP) is 5.08. The molecular weight excluding hydrogens is 352 g/mol. The van der Waals surface area contributed by atoms with Crippen molar-refractivity contribution in [3.05, 3.63) is 39.8 Å². The predicted molar refractivity (Wildman–Crippen MR) is 90.7 cm³/mol. The van der Waals surface area contributed by atoms with Gasteiger partial charge in [0.25, 0.3) is 0 Å². The molecule has 5 heteroatoms. The van der Waals surface area contributed by atoms with Gasteiger partial charge in [0.15, 0.2) is 11.7 Å². The largest absolute Gasteiger partial charge is 0.441 e. The fraction of sp³-hybridized carbons (Fsp3) is 0.438. The molecule has 1 heterocycles. The second-order valence-corrected chi connectivity index (χ2v) is 7.35. The third-order valence-electron chi connectivity index (χ3n) is 2.97. The van der Waals surface area contributed by atoms with E-state index in [4.69, 9.17) is 16.0 Å². The topological polar surface area (TPSA) is 38.1 Å². The molecule has 0 radical (unpaired) electrons. The normalized spacial score (nSPS) is 11.9. The van der Waals surface area contributed by atoms with Gasteiger partial charge >= 0.3 is 0 Å². The molecule has 3 nitrogen and oxygen atoms in total. The fourth-order valence-corrected chi connectivity index (χ4v) is 2.71. The highest BCUT2D eigenvalue weighted by atomic mass is 79.9. The van der Waals surface area contributed by atoms with Crippen LogP contribution in [0.25, 0.3) is 11.3 Å². The smallest absolute Gasteiger partial charge is 0.194 e. The molecule has 0 bridgehead atoms. The third kappa shape index (κ3) is 5.13. The summed E-state index contributed by atoms with van der Waals surface area (Å²) in [7, 11) is 0. The molecule has 1 N–H and O–H groups in total. The monoisotopic (exact) mass is 370 g/mol. The maximum atomic E-state index is 6.22. The molecule has 0 fully saturated rings. The van der Waals surface area contributed by atoms with E-state index in [-0.39, 0.29) is 5.54 Å². The van der Waals surface area contributed by atoms with Crippen LogP contribution >= 0.6 is 27.5 Å². The lowest BCUT2D eigenvalue weighted by molar-refractivity contribution is 0.412. The lowest BCUT2D eigenvalue weighted by atomic mass is 10.1. The maximum absolute atomic E-state index is 6.22. The summed E-state index contributed by atoms with van der Waals surface area (Å²) in [6, 6.07) is 5.72. The molecule has 114 valence electrons. The first-order chi connectivity index (χ1) is 9.85. The number of halogens is 2. The molecular formula is C16H20BrClN2O. The summed E-state index contributed by atoms with van der Waals surface area (Å²) >= 11 is 9.62. The first-order valence-electron chi connectivity index (χ1n) is 7.00. The van der Waals surface area contributed by atoms with Crippen LogP contribution in [0.5, 0.6) is 0 Å². The van der Waals surface area contributed by atoms with Crippen LogP contribution in [0, 0.1) is 0 Å². The van der Waals surface area contributed by atoms with E-state index >= 15 is 0 Å². The van der Waals surface area contributed by atoms with Crippen LogP contribution < -0.4 is 5.32 Å².